The van der Waals surface area contributed by atoms with E-state index in [1.54, 1.807) is 18.6 Å². The van der Waals surface area contributed by atoms with Gasteiger partial charge in [0.1, 0.15) is 6.33 Å². The van der Waals surface area contributed by atoms with Crippen LogP contribution >= 0.6 is 0 Å². The lowest BCUT2D eigenvalue weighted by atomic mass is 9.93. The number of anilines is 2. The third-order valence-electron chi connectivity index (χ3n) is 11.9. The first-order valence-corrected chi connectivity index (χ1v) is 23.3. The van der Waals surface area contributed by atoms with E-state index in [2.05, 4.69) is 171 Å². The molecule has 0 spiro atoms. The molecule has 0 saturated carbocycles. The summed E-state index contributed by atoms with van der Waals surface area (Å²) in [5.41, 5.74) is 16.2. The first-order chi connectivity index (χ1) is 32.3. The molecule has 15 heteroatoms. The van der Waals surface area contributed by atoms with Crippen molar-refractivity contribution in [1.82, 2.24) is 70.9 Å². The molecule has 15 nitrogen and oxygen atoms in total. The zero-order valence-electron chi connectivity index (χ0n) is 40.7. The maximum Gasteiger partial charge on any atom is 0.184 e. The van der Waals surface area contributed by atoms with Gasteiger partial charge in [0.15, 0.2) is 17.1 Å². The summed E-state index contributed by atoms with van der Waals surface area (Å²) in [5, 5.41) is 44.1. The van der Waals surface area contributed by atoms with Gasteiger partial charge in [0.05, 0.1) is 22.1 Å². The predicted molar refractivity (Wildman–Crippen MR) is 278 cm³/mol. The average Bonchev–Trinajstić information content (AvgIpc) is 4.18. The van der Waals surface area contributed by atoms with Crippen LogP contribution in [0.15, 0.2) is 85.7 Å². The molecule has 0 aliphatic heterocycles. The summed E-state index contributed by atoms with van der Waals surface area (Å²) in [6.07, 6.45) is 13.8. The number of H-pyrrole nitrogens is 5. The molecule has 10 aromatic rings. The van der Waals surface area contributed by atoms with Gasteiger partial charge in [0.25, 0.3) is 0 Å². The van der Waals surface area contributed by atoms with Crippen molar-refractivity contribution in [1.29, 1.82) is 0 Å². The van der Waals surface area contributed by atoms with Crippen LogP contribution in [0, 0.1) is 20.8 Å². The van der Waals surface area contributed by atoms with Crippen LogP contribution < -0.4 is 5.32 Å². The Hall–Kier alpha value is -7.29. The molecule has 8 aromatic heterocycles. The van der Waals surface area contributed by atoms with E-state index in [0.29, 0.717) is 23.7 Å². The van der Waals surface area contributed by atoms with Crippen LogP contribution in [0.2, 0.25) is 0 Å². The average molecular weight is 916 g/mol. The molecule has 2 aromatic carbocycles. The van der Waals surface area contributed by atoms with E-state index in [9.17, 15) is 0 Å². The zero-order valence-corrected chi connectivity index (χ0v) is 40.7. The van der Waals surface area contributed by atoms with E-state index in [4.69, 9.17) is 0 Å². The minimum atomic E-state index is 0. The van der Waals surface area contributed by atoms with Crippen molar-refractivity contribution in [2.75, 3.05) is 5.32 Å². The van der Waals surface area contributed by atoms with E-state index in [1.807, 2.05) is 42.6 Å². The standard InChI is InChI=1S/C16H17N3.C10H16N2.2C9H11N3.C8H10N4.CH4/c1-10-8-11(2)12(3)15(9-10)17-16-13-6-4-5-7-14(13)18-19-16;1-7(2)10-8-5-3-4-6-9(8)11-12-10;1-6(2)9-7-5-10-4-3-8(7)11-12-9;1-6(2)8-7-4-3-5-10-9(7)12-11-8;1-5(2)7-6-3-9-4-10-8(6)12-11-7;/h4-9H,1-3H3,(H2,17,18,19);7H,3-6H2,1-2H3,(H,11,12);3-6H,1-2H3,(H,11,12);3-6H,1-2H3,(H,10,11,12);3-5H,1-2H3,(H,9,10,11,12);1H4. The molecule has 11 rings (SSSR count). The topological polar surface area (TPSA) is 207 Å². The number of hydrogen-bond donors (Lipinski definition) is 6. The lowest BCUT2D eigenvalue weighted by Crippen LogP contribution is -2.03. The van der Waals surface area contributed by atoms with Gasteiger partial charge in [-0.25, -0.2) is 15.0 Å². The first-order valence-electron chi connectivity index (χ1n) is 23.3. The van der Waals surface area contributed by atoms with E-state index in [0.717, 1.165) is 72.5 Å². The Kier molecular flexibility index (Phi) is 16.9. The van der Waals surface area contributed by atoms with Crippen LogP contribution in [0.4, 0.5) is 11.5 Å². The summed E-state index contributed by atoms with van der Waals surface area (Å²) in [4.78, 5) is 16.2. The highest BCUT2D eigenvalue weighted by atomic mass is 15.2. The van der Waals surface area contributed by atoms with Crippen molar-refractivity contribution < 1.29 is 0 Å². The third-order valence-corrected chi connectivity index (χ3v) is 11.9. The van der Waals surface area contributed by atoms with E-state index >= 15 is 0 Å². The van der Waals surface area contributed by atoms with Gasteiger partial charge in [-0.2, -0.15) is 25.5 Å². The number of rotatable bonds is 6. The fourth-order valence-corrected chi connectivity index (χ4v) is 8.18. The molecule has 356 valence electrons. The SMILES string of the molecule is C.CC(C)c1[nH]nc2ccncc12.CC(C)c1[nH]nc2ncccc12.CC(C)c1[nH]nc2ncncc12.CC(C)c1n[nH]c2c1CCCC2.Cc1cc(C)c(C)c(Nc2n[nH]c3ccccc23)c1. The van der Waals surface area contributed by atoms with Crippen molar-refractivity contribution >= 4 is 55.4 Å². The molecular weight excluding hydrogens is 847 g/mol. The molecule has 0 amide bonds. The number of fused-ring (bicyclic) bond motifs is 5. The fraction of sp³-hybridized carbons (Fsp3) is 0.377. The lowest BCUT2D eigenvalue weighted by Gasteiger charge is -2.12. The summed E-state index contributed by atoms with van der Waals surface area (Å²) in [5.74, 6) is 2.83. The second-order valence-corrected chi connectivity index (χ2v) is 18.3. The zero-order chi connectivity index (χ0) is 47.6. The highest BCUT2D eigenvalue weighted by Crippen LogP contribution is 2.29. The third kappa shape index (κ3) is 11.8. The van der Waals surface area contributed by atoms with Gasteiger partial charge in [0.2, 0.25) is 0 Å². The number of nitrogens with zero attached hydrogens (tertiary/aromatic N) is 9. The number of pyridine rings is 2. The highest BCUT2D eigenvalue weighted by Gasteiger charge is 2.18. The van der Waals surface area contributed by atoms with Gasteiger partial charge in [-0.05, 0) is 129 Å². The number of aromatic amines is 5. The number of nitrogens with one attached hydrogen (secondary N) is 6. The maximum absolute atomic E-state index is 4.37. The van der Waals surface area contributed by atoms with Crippen molar-refractivity contribution in [2.24, 2.45) is 0 Å². The Balaban J connectivity index is 0.000000142. The second-order valence-electron chi connectivity index (χ2n) is 18.3. The lowest BCUT2D eigenvalue weighted by molar-refractivity contribution is 0.668. The summed E-state index contributed by atoms with van der Waals surface area (Å²) >= 11 is 0. The normalized spacial score (nSPS) is 11.9. The Morgan fingerprint density at radius 3 is 1.94 bits per heavy atom. The number of aryl methyl sites for hydroxylation is 3. The first kappa shape index (κ1) is 50.1. The number of aromatic nitrogens is 14. The molecule has 6 N–H and O–H groups in total. The summed E-state index contributed by atoms with van der Waals surface area (Å²) in [6, 6.07) is 18.4. The van der Waals surface area contributed by atoms with E-state index in [-0.39, 0.29) is 7.43 Å². The number of para-hydroxylation sites is 1. The highest BCUT2D eigenvalue weighted by molar-refractivity contribution is 5.91. The van der Waals surface area contributed by atoms with Gasteiger partial charge in [0, 0.05) is 69.4 Å². The van der Waals surface area contributed by atoms with Gasteiger partial charge in [-0.15, -0.1) is 0 Å². The van der Waals surface area contributed by atoms with Crippen LogP contribution in [-0.2, 0) is 12.8 Å². The fourth-order valence-electron chi connectivity index (χ4n) is 8.18. The minimum Gasteiger partial charge on any atom is -0.338 e. The quantitative estimate of drug-likeness (QED) is 0.0930. The smallest absolute Gasteiger partial charge is 0.184 e. The largest absolute Gasteiger partial charge is 0.338 e. The molecule has 1 aliphatic carbocycles. The van der Waals surface area contributed by atoms with Crippen molar-refractivity contribution in [2.45, 2.75) is 133 Å². The molecule has 8 heterocycles. The van der Waals surface area contributed by atoms with Crippen LogP contribution in [0.5, 0.6) is 0 Å². The van der Waals surface area contributed by atoms with Gasteiger partial charge < -0.3 is 5.32 Å². The van der Waals surface area contributed by atoms with Crippen molar-refractivity contribution in [3.05, 3.63) is 136 Å². The van der Waals surface area contributed by atoms with Crippen molar-refractivity contribution in [3.63, 3.8) is 0 Å². The number of hydrogen-bond acceptors (Lipinski definition) is 10. The molecule has 0 atom stereocenters. The summed E-state index contributed by atoms with van der Waals surface area (Å²) in [7, 11) is 0. The van der Waals surface area contributed by atoms with E-state index in [1.165, 1.54) is 65.7 Å². The number of benzene rings is 2. The van der Waals surface area contributed by atoms with Crippen molar-refractivity contribution in [3.8, 4) is 0 Å². The van der Waals surface area contributed by atoms with Crippen LogP contribution in [0.25, 0.3) is 43.9 Å². The van der Waals surface area contributed by atoms with Crippen LogP contribution in [-0.4, -0.2) is 70.9 Å². The Morgan fingerprint density at radius 2 is 1.21 bits per heavy atom. The molecule has 0 saturated heterocycles. The molecule has 68 heavy (non-hydrogen) atoms. The van der Waals surface area contributed by atoms with Gasteiger partial charge in [-0.3, -0.25) is 30.5 Å². The Morgan fingerprint density at radius 1 is 0.559 bits per heavy atom. The molecule has 0 fully saturated rings. The Labute approximate surface area is 399 Å². The Bertz CT molecular complexity index is 2960. The molecule has 1 aliphatic rings. The summed E-state index contributed by atoms with van der Waals surface area (Å²) in [6.45, 7) is 23.6. The van der Waals surface area contributed by atoms with Crippen LogP contribution in [0.3, 0.4) is 0 Å². The summed E-state index contributed by atoms with van der Waals surface area (Å²) < 4.78 is 0. The minimum absolute atomic E-state index is 0. The monoisotopic (exact) mass is 916 g/mol. The van der Waals surface area contributed by atoms with E-state index < -0.39 is 0 Å². The maximum atomic E-state index is 4.37. The molecule has 0 radical (unpaired) electrons. The second kappa shape index (κ2) is 22.9. The molecule has 0 unspecified atom stereocenters. The van der Waals surface area contributed by atoms with Crippen LogP contribution in [0.1, 0.15) is 150 Å². The molecule has 0 bridgehead atoms. The predicted octanol–water partition coefficient (Wildman–Crippen LogP) is 12.9. The van der Waals surface area contributed by atoms with Gasteiger partial charge in [-0.1, -0.05) is 81.0 Å². The van der Waals surface area contributed by atoms with Gasteiger partial charge >= 0.3 is 0 Å². The molecular formula is C53H69N15.